The van der Waals surface area contributed by atoms with E-state index in [-0.39, 0.29) is 17.7 Å². The average molecular weight is 583 g/mol. The smallest absolute Gasteiger partial charge is 0.255 e. The first-order chi connectivity index (χ1) is 19.2. The Morgan fingerprint density at radius 1 is 0.875 bits per heavy atom. The number of anilines is 2. The maximum absolute atomic E-state index is 13.2. The summed E-state index contributed by atoms with van der Waals surface area (Å²) in [5, 5.41) is 7.25. The van der Waals surface area contributed by atoms with Crippen molar-refractivity contribution < 1.29 is 9.59 Å². The van der Waals surface area contributed by atoms with Gasteiger partial charge in [0.2, 0.25) is 0 Å². The van der Waals surface area contributed by atoms with Gasteiger partial charge in [0.1, 0.15) is 0 Å². The third-order valence-electron chi connectivity index (χ3n) is 7.18. The summed E-state index contributed by atoms with van der Waals surface area (Å²) in [7, 11) is 4.17. The Morgan fingerprint density at radius 2 is 1.57 bits per heavy atom. The standard InChI is InChI=1S/C31H37Cl2N5O2/c1-22(23-7-10-26(32)11-8-23)21-34-30(39)25-9-12-29(38-17-15-37(16-18-38)14-13-36(2)3)28(20-25)35-31(40)24-5-4-6-27(33)19-24/h4-12,19-20,22H,13-18,21H2,1-3H3,(H,34,39)(H,35,40). The molecule has 7 nitrogen and oxygen atoms in total. The van der Waals surface area contributed by atoms with Crippen molar-refractivity contribution >= 4 is 46.4 Å². The second kappa shape index (κ2) is 14.0. The van der Waals surface area contributed by atoms with Gasteiger partial charge < -0.3 is 20.4 Å². The van der Waals surface area contributed by atoms with Crippen molar-refractivity contribution in [1.29, 1.82) is 0 Å². The topological polar surface area (TPSA) is 67.9 Å². The number of benzene rings is 3. The number of piperazine rings is 1. The van der Waals surface area contributed by atoms with Crippen LogP contribution in [0.15, 0.2) is 66.7 Å². The van der Waals surface area contributed by atoms with E-state index in [0.29, 0.717) is 33.4 Å². The number of rotatable bonds is 10. The van der Waals surface area contributed by atoms with Gasteiger partial charge in [-0.15, -0.1) is 0 Å². The third kappa shape index (κ3) is 8.21. The maximum atomic E-state index is 13.2. The Labute approximate surface area is 247 Å². The summed E-state index contributed by atoms with van der Waals surface area (Å²) in [6.45, 7) is 8.09. The van der Waals surface area contributed by atoms with E-state index in [1.807, 2.05) is 36.4 Å². The van der Waals surface area contributed by atoms with Crippen molar-refractivity contribution in [1.82, 2.24) is 15.1 Å². The number of nitrogens with one attached hydrogen (secondary N) is 2. The molecule has 1 fully saturated rings. The lowest BCUT2D eigenvalue weighted by molar-refractivity contribution is 0.0950. The summed E-state index contributed by atoms with van der Waals surface area (Å²) in [5.74, 6) is -0.354. The molecule has 0 spiro atoms. The first-order valence-corrected chi connectivity index (χ1v) is 14.3. The Balaban J connectivity index is 1.50. The van der Waals surface area contributed by atoms with Crippen LogP contribution in [0.5, 0.6) is 0 Å². The van der Waals surface area contributed by atoms with Crippen molar-refractivity contribution in [2.45, 2.75) is 12.8 Å². The Hall–Kier alpha value is -3.10. The molecular weight excluding hydrogens is 545 g/mol. The largest absolute Gasteiger partial charge is 0.367 e. The van der Waals surface area contributed by atoms with Crippen LogP contribution in [-0.2, 0) is 0 Å². The van der Waals surface area contributed by atoms with Gasteiger partial charge in [0.15, 0.2) is 0 Å². The maximum Gasteiger partial charge on any atom is 0.255 e. The zero-order chi connectivity index (χ0) is 28.6. The highest BCUT2D eigenvalue weighted by Crippen LogP contribution is 2.29. The molecule has 0 bridgehead atoms. The molecule has 3 aromatic carbocycles. The molecule has 2 amide bonds. The summed E-state index contributed by atoms with van der Waals surface area (Å²) in [4.78, 5) is 33.2. The SMILES string of the molecule is CC(CNC(=O)c1ccc(N2CCN(CCN(C)C)CC2)c(NC(=O)c2cccc(Cl)c2)c1)c1ccc(Cl)cc1. The molecule has 1 aliphatic heterocycles. The average Bonchev–Trinajstić information content (AvgIpc) is 2.95. The first-order valence-electron chi connectivity index (χ1n) is 13.6. The molecule has 2 N–H and O–H groups in total. The van der Waals surface area contributed by atoms with Gasteiger partial charge in [-0.2, -0.15) is 0 Å². The molecule has 40 heavy (non-hydrogen) atoms. The lowest BCUT2D eigenvalue weighted by Crippen LogP contribution is -2.48. The van der Waals surface area contributed by atoms with Crippen LogP contribution in [0.3, 0.4) is 0 Å². The van der Waals surface area contributed by atoms with Gasteiger partial charge in [-0.1, -0.05) is 48.3 Å². The molecule has 1 heterocycles. The summed E-state index contributed by atoms with van der Waals surface area (Å²) in [5.41, 5.74) is 3.54. The Kier molecular flexibility index (Phi) is 10.5. The number of carbonyl (C=O) groups is 2. The number of carbonyl (C=O) groups excluding carboxylic acids is 2. The summed E-state index contributed by atoms with van der Waals surface area (Å²) >= 11 is 12.1. The molecular formula is C31H37Cl2N5O2. The normalized spacial score (nSPS) is 14.7. The number of hydrogen-bond donors (Lipinski definition) is 2. The van der Waals surface area contributed by atoms with Crippen LogP contribution in [0.2, 0.25) is 10.0 Å². The van der Waals surface area contributed by atoms with Crippen molar-refractivity contribution in [3.05, 3.63) is 93.5 Å². The van der Waals surface area contributed by atoms with Crippen LogP contribution < -0.4 is 15.5 Å². The van der Waals surface area contributed by atoms with Crippen LogP contribution in [0.25, 0.3) is 0 Å². The van der Waals surface area contributed by atoms with Gasteiger partial charge in [0.25, 0.3) is 11.8 Å². The predicted octanol–water partition coefficient (Wildman–Crippen LogP) is 5.46. The molecule has 0 saturated carbocycles. The quantitative estimate of drug-likeness (QED) is 0.332. The Bertz CT molecular complexity index is 1310. The van der Waals surface area contributed by atoms with E-state index < -0.39 is 0 Å². The summed E-state index contributed by atoms with van der Waals surface area (Å²) < 4.78 is 0. The highest BCUT2D eigenvalue weighted by Gasteiger charge is 2.22. The molecule has 1 saturated heterocycles. The van der Waals surface area contributed by atoms with E-state index in [1.54, 1.807) is 30.3 Å². The van der Waals surface area contributed by atoms with E-state index in [4.69, 9.17) is 23.2 Å². The first kappa shape index (κ1) is 29.9. The molecule has 4 rings (SSSR count). The van der Waals surface area contributed by atoms with Crippen LogP contribution in [0, 0.1) is 0 Å². The molecule has 9 heteroatoms. The molecule has 0 aromatic heterocycles. The van der Waals surface area contributed by atoms with Gasteiger partial charge in [-0.25, -0.2) is 0 Å². The highest BCUT2D eigenvalue weighted by molar-refractivity contribution is 6.31. The van der Waals surface area contributed by atoms with E-state index in [1.165, 1.54) is 0 Å². The van der Waals surface area contributed by atoms with Gasteiger partial charge in [-0.3, -0.25) is 14.5 Å². The highest BCUT2D eigenvalue weighted by atomic mass is 35.5. The van der Waals surface area contributed by atoms with E-state index in [2.05, 4.69) is 46.4 Å². The van der Waals surface area contributed by atoms with E-state index in [9.17, 15) is 9.59 Å². The van der Waals surface area contributed by atoms with Crippen LogP contribution in [0.4, 0.5) is 11.4 Å². The third-order valence-corrected chi connectivity index (χ3v) is 7.67. The molecule has 0 radical (unpaired) electrons. The van der Waals surface area contributed by atoms with Crippen molar-refractivity contribution in [3.63, 3.8) is 0 Å². The van der Waals surface area contributed by atoms with Crippen molar-refractivity contribution in [2.24, 2.45) is 0 Å². The van der Waals surface area contributed by atoms with E-state index in [0.717, 1.165) is 50.5 Å². The second-order valence-corrected chi connectivity index (χ2v) is 11.4. The Morgan fingerprint density at radius 3 is 2.25 bits per heavy atom. The molecule has 212 valence electrons. The van der Waals surface area contributed by atoms with Gasteiger partial charge >= 0.3 is 0 Å². The van der Waals surface area contributed by atoms with Gasteiger partial charge in [0, 0.05) is 67.0 Å². The minimum absolute atomic E-state index is 0.117. The molecule has 1 aliphatic rings. The second-order valence-electron chi connectivity index (χ2n) is 10.5. The van der Waals surface area contributed by atoms with Gasteiger partial charge in [-0.05, 0) is 74.1 Å². The summed E-state index contributed by atoms with van der Waals surface area (Å²) in [6.07, 6.45) is 0. The molecule has 1 unspecified atom stereocenters. The minimum Gasteiger partial charge on any atom is -0.367 e. The number of halogens is 2. The van der Waals surface area contributed by atoms with Crippen LogP contribution in [0.1, 0.15) is 39.1 Å². The monoisotopic (exact) mass is 581 g/mol. The van der Waals surface area contributed by atoms with Crippen molar-refractivity contribution in [3.8, 4) is 0 Å². The fraction of sp³-hybridized carbons (Fsp3) is 0.355. The molecule has 3 aromatic rings. The lowest BCUT2D eigenvalue weighted by atomic mass is 10.0. The lowest BCUT2D eigenvalue weighted by Gasteiger charge is -2.37. The van der Waals surface area contributed by atoms with E-state index >= 15 is 0 Å². The fourth-order valence-electron chi connectivity index (χ4n) is 4.69. The fourth-order valence-corrected chi connectivity index (χ4v) is 5.00. The number of likely N-dealkylation sites (N-methyl/N-ethyl adjacent to an activating group) is 1. The molecule has 1 atom stereocenters. The van der Waals surface area contributed by atoms with Crippen molar-refractivity contribution in [2.75, 3.05) is 70.1 Å². The predicted molar refractivity (Wildman–Crippen MR) is 165 cm³/mol. The number of nitrogens with zero attached hydrogens (tertiary/aromatic N) is 3. The zero-order valence-electron chi connectivity index (χ0n) is 23.3. The van der Waals surface area contributed by atoms with Crippen LogP contribution >= 0.6 is 23.2 Å². The molecule has 0 aliphatic carbocycles. The number of hydrogen-bond acceptors (Lipinski definition) is 5. The zero-order valence-corrected chi connectivity index (χ0v) is 24.8. The van der Waals surface area contributed by atoms with Gasteiger partial charge in [0.05, 0.1) is 11.4 Å². The van der Waals surface area contributed by atoms with Crippen LogP contribution in [-0.4, -0.2) is 81.5 Å². The minimum atomic E-state index is -0.276. The summed E-state index contributed by atoms with van der Waals surface area (Å²) in [6, 6.07) is 20.0. The number of amides is 2.